The van der Waals surface area contributed by atoms with Crippen LogP contribution in [-0.4, -0.2) is 19.6 Å². The molecule has 6 aromatic rings. The maximum Gasteiger partial charge on any atom is 0.219 e. The van der Waals surface area contributed by atoms with Gasteiger partial charge in [-0.3, -0.25) is 4.57 Å². The lowest BCUT2D eigenvalue weighted by Gasteiger charge is -2.27. The number of hydrogen-bond acceptors (Lipinski definition) is 4. The summed E-state index contributed by atoms with van der Waals surface area (Å²) in [4.78, 5) is 9.53. The van der Waals surface area contributed by atoms with Crippen molar-refractivity contribution < 1.29 is 9.84 Å². The monoisotopic (exact) mass is 541 g/mol. The molecular weight excluding hydrogens is 506 g/mol. The summed E-state index contributed by atoms with van der Waals surface area (Å²) in [6.07, 6.45) is 1.82. The van der Waals surface area contributed by atoms with Gasteiger partial charge in [-0.15, -0.1) is 0 Å². The first-order valence-corrected chi connectivity index (χ1v) is 14.0. The zero-order chi connectivity index (χ0) is 28.9. The van der Waals surface area contributed by atoms with Gasteiger partial charge in [0.25, 0.3) is 0 Å². The Labute approximate surface area is 241 Å². The Morgan fingerprint density at radius 2 is 1.49 bits per heavy atom. The molecule has 0 radical (unpaired) electrons. The van der Waals surface area contributed by atoms with Crippen LogP contribution in [0.15, 0.2) is 97.2 Å². The van der Waals surface area contributed by atoms with Crippen LogP contribution in [-0.2, 0) is 10.8 Å². The van der Waals surface area contributed by atoms with Crippen LogP contribution in [0.4, 0.5) is 0 Å². The maximum atomic E-state index is 11.4. The minimum atomic E-state index is -0.226. The topological polar surface area (TPSA) is 60.2 Å². The van der Waals surface area contributed by atoms with Crippen LogP contribution >= 0.6 is 0 Å². The highest BCUT2D eigenvalue weighted by Gasteiger charge is 2.26. The number of ether oxygens (including phenoxy) is 1. The standard InChI is InChI=1S/C36H35N3O2/c1-35(2,3)23-20-28(33(40)29(21-23)36(4,5)6)30-16-10-18-32(38-30)41-25-13-9-12-24(22-25)39-31-17-8-7-14-26(31)27-15-11-19-37-34(27)39/h7-22,40H,1-6H3. The molecule has 5 nitrogen and oxygen atoms in total. The van der Waals surface area contributed by atoms with Gasteiger partial charge in [-0.25, -0.2) is 9.97 Å². The highest BCUT2D eigenvalue weighted by molar-refractivity contribution is 6.07. The molecule has 3 aromatic heterocycles. The minimum absolute atomic E-state index is 0.0847. The molecule has 0 aliphatic heterocycles. The molecule has 3 aromatic carbocycles. The first kappa shape index (κ1) is 26.6. The Balaban J connectivity index is 1.40. The number of aromatic hydroxyl groups is 1. The minimum Gasteiger partial charge on any atom is -0.507 e. The van der Waals surface area contributed by atoms with Crippen LogP contribution in [0.2, 0.25) is 0 Å². The Morgan fingerprint density at radius 1 is 0.732 bits per heavy atom. The average molecular weight is 542 g/mol. The molecule has 41 heavy (non-hydrogen) atoms. The zero-order valence-electron chi connectivity index (χ0n) is 24.4. The fourth-order valence-corrected chi connectivity index (χ4v) is 5.32. The van der Waals surface area contributed by atoms with Crippen molar-refractivity contribution in [2.45, 2.75) is 52.4 Å². The van der Waals surface area contributed by atoms with Crippen LogP contribution in [0.1, 0.15) is 52.7 Å². The molecule has 6 rings (SSSR count). The molecular formula is C36H35N3O2. The van der Waals surface area contributed by atoms with Crippen molar-refractivity contribution in [1.82, 2.24) is 14.5 Å². The predicted octanol–water partition coefficient (Wildman–Crippen LogP) is 9.33. The van der Waals surface area contributed by atoms with Gasteiger partial charge >= 0.3 is 0 Å². The van der Waals surface area contributed by atoms with E-state index in [4.69, 9.17) is 14.7 Å². The van der Waals surface area contributed by atoms with Crippen LogP contribution in [0.5, 0.6) is 17.4 Å². The van der Waals surface area contributed by atoms with Crippen LogP contribution in [0.25, 0.3) is 38.9 Å². The van der Waals surface area contributed by atoms with Crippen molar-refractivity contribution in [2.24, 2.45) is 0 Å². The molecule has 0 aliphatic rings. The molecule has 0 unspecified atom stereocenters. The molecule has 0 spiro atoms. The Hall–Kier alpha value is -4.64. The van der Waals surface area contributed by atoms with E-state index in [2.05, 4.69) is 82.5 Å². The van der Waals surface area contributed by atoms with Crippen molar-refractivity contribution in [3.05, 3.63) is 108 Å². The third kappa shape index (κ3) is 4.93. The van der Waals surface area contributed by atoms with Gasteiger partial charge in [0.2, 0.25) is 5.88 Å². The van der Waals surface area contributed by atoms with E-state index < -0.39 is 0 Å². The van der Waals surface area contributed by atoms with E-state index in [1.54, 1.807) is 0 Å². The van der Waals surface area contributed by atoms with Crippen molar-refractivity contribution >= 4 is 21.9 Å². The number of hydrogen-bond donors (Lipinski definition) is 1. The molecule has 0 bridgehead atoms. The Morgan fingerprint density at radius 3 is 2.27 bits per heavy atom. The molecule has 0 amide bonds. The number of pyridine rings is 2. The van der Waals surface area contributed by atoms with Gasteiger partial charge in [0.05, 0.1) is 16.9 Å². The third-order valence-electron chi connectivity index (χ3n) is 7.52. The molecule has 0 aliphatic carbocycles. The smallest absolute Gasteiger partial charge is 0.219 e. The van der Waals surface area contributed by atoms with Gasteiger partial charge in [-0.05, 0) is 58.9 Å². The summed E-state index contributed by atoms with van der Waals surface area (Å²) >= 11 is 0. The molecule has 0 saturated heterocycles. The number of benzene rings is 3. The SMILES string of the molecule is CC(C)(C)c1cc(-c2cccc(Oc3cccc(-n4c5ccccc5c5cccnc54)c3)n2)c(O)c(C(C)(C)C)c1. The van der Waals surface area contributed by atoms with Crippen molar-refractivity contribution in [1.29, 1.82) is 0 Å². The number of nitrogens with zero attached hydrogens (tertiary/aromatic N) is 3. The molecule has 1 N–H and O–H groups in total. The molecule has 0 atom stereocenters. The number of aromatic nitrogens is 3. The lowest BCUT2D eigenvalue weighted by atomic mass is 9.78. The molecule has 0 saturated carbocycles. The predicted molar refractivity (Wildman–Crippen MR) is 167 cm³/mol. The number of fused-ring (bicyclic) bond motifs is 3. The second-order valence-electron chi connectivity index (χ2n) is 12.6. The summed E-state index contributed by atoms with van der Waals surface area (Å²) in [5.74, 6) is 1.38. The third-order valence-corrected chi connectivity index (χ3v) is 7.52. The largest absolute Gasteiger partial charge is 0.507 e. The van der Waals surface area contributed by atoms with Gasteiger partial charge in [0.1, 0.15) is 17.1 Å². The van der Waals surface area contributed by atoms with Gasteiger partial charge < -0.3 is 9.84 Å². The molecule has 5 heteroatoms. The van der Waals surface area contributed by atoms with E-state index in [9.17, 15) is 5.11 Å². The summed E-state index contributed by atoms with van der Waals surface area (Å²) in [6, 6.07) is 30.2. The lowest BCUT2D eigenvalue weighted by Crippen LogP contribution is -2.17. The van der Waals surface area contributed by atoms with E-state index in [0.717, 1.165) is 38.8 Å². The summed E-state index contributed by atoms with van der Waals surface area (Å²) in [6.45, 7) is 12.9. The van der Waals surface area contributed by atoms with E-state index in [1.807, 2.05) is 60.8 Å². The summed E-state index contributed by atoms with van der Waals surface area (Å²) in [5.41, 5.74) is 6.05. The lowest BCUT2D eigenvalue weighted by molar-refractivity contribution is 0.445. The second kappa shape index (κ2) is 9.77. The van der Waals surface area contributed by atoms with Crippen molar-refractivity contribution in [3.63, 3.8) is 0 Å². The Bertz CT molecular complexity index is 1850. The fraction of sp³-hybridized carbons (Fsp3) is 0.222. The number of phenolic OH excluding ortho intramolecular Hbond substituents is 1. The van der Waals surface area contributed by atoms with Crippen molar-refractivity contribution in [2.75, 3.05) is 0 Å². The van der Waals surface area contributed by atoms with Gasteiger partial charge in [-0.2, -0.15) is 0 Å². The first-order valence-electron chi connectivity index (χ1n) is 14.0. The highest BCUT2D eigenvalue weighted by Crippen LogP contribution is 2.42. The number of rotatable bonds is 4. The molecule has 0 fully saturated rings. The van der Waals surface area contributed by atoms with E-state index >= 15 is 0 Å². The van der Waals surface area contributed by atoms with E-state index in [0.29, 0.717) is 22.9 Å². The number of phenols is 1. The summed E-state index contributed by atoms with van der Waals surface area (Å²) < 4.78 is 8.47. The number of para-hydroxylation sites is 1. The quantitative estimate of drug-likeness (QED) is 0.242. The van der Waals surface area contributed by atoms with Gasteiger partial charge in [0.15, 0.2) is 0 Å². The van der Waals surface area contributed by atoms with Crippen molar-refractivity contribution in [3.8, 4) is 34.3 Å². The average Bonchev–Trinajstić information content (AvgIpc) is 3.27. The zero-order valence-corrected chi connectivity index (χ0v) is 24.4. The second-order valence-corrected chi connectivity index (χ2v) is 12.6. The van der Waals surface area contributed by atoms with E-state index in [-0.39, 0.29) is 16.6 Å². The maximum absolute atomic E-state index is 11.4. The summed E-state index contributed by atoms with van der Waals surface area (Å²) in [7, 11) is 0. The normalized spacial score (nSPS) is 12.2. The molecule has 206 valence electrons. The van der Waals surface area contributed by atoms with E-state index in [1.165, 1.54) is 0 Å². The Kier molecular flexibility index (Phi) is 6.33. The molecule has 3 heterocycles. The highest BCUT2D eigenvalue weighted by atomic mass is 16.5. The first-order chi connectivity index (χ1) is 19.5. The van der Waals surface area contributed by atoms with Crippen LogP contribution in [0, 0.1) is 0 Å². The fourth-order valence-electron chi connectivity index (χ4n) is 5.32. The van der Waals surface area contributed by atoms with Crippen LogP contribution in [0.3, 0.4) is 0 Å². The van der Waals surface area contributed by atoms with Gasteiger partial charge in [0, 0.05) is 40.2 Å². The van der Waals surface area contributed by atoms with Crippen LogP contribution < -0.4 is 4.74 Å². The van der Waals surface area contributed by atoms with Gasteiger partial charge in [-0.1, -0.05) is 77.9 Å². The summed E-state index contributed by atoms with van der Waals surface area (Å²) in [5, 5.41) is 13.6.